The second kappa shape index (κ2) is 3.91. The number of aromatic nitrogens is 1. The van der Waals surface area contributed by atoms with Crippen LogP contribution in [0.1, 0.15) is 5.56 Å². The number of rotatable bonds is 2. The molecule has 0 aliphatic heterocycles. The Kier molecular flexibility index (Phi) is 3.07. The zero-order valence-corrected chi connectivity index (χ0v) is 9.11. The summed E-state index contributed by atoms with van der Waals surface area (Å²) in [6, 6.07) is 0. The number of hydrogen-bond donors (Lipinski definition) is 1. The molecule has 0 saturated carbocycles. The Labute approximate surface area is 88.3 Å². The van der Waals surface area contributed by atoms with Crippen molar-refractivity contribution in [1.29, 1.82) is 0 Å². The van der Waals surface area contributed by atoms with Crippen molar-refractivity contribution in [2.75, 3.05) is 0 Å². The Bertz CT molecular complexity index is 371. The molecule has 1 rings (SSSR count). The number of halogens is 1. The number of aryl methyl sites for hydroxylation is 1. The molecule has 0 unspecified atom stereocenters. The highest BCUT2D eigenvalue weighted by atomic mass is 127. The molecule has 5 heteroatoms. The van der Waals surface area contributed by atoms with Crippen LogP contribution in [0.4, 0.5) is 0 Å². The smallest absolute Gasteiger partial charge is 0.323 e. The van der Waals surface area contributed by atoms with Gasteiger partial charge in [0.25, 0.3) is 0 Å². The quantitative estimate of drug-likeness (QED) is 0.822. The third kappa shape index (κ3) is 2.55. The SMILES string of the molecule is Cc1cn(CC(=O)O)cc(I)c1=O. The minimum absolute atomic E-state index is 0.0396. The van der Waals surface area contributed by atoms with E-state index in [0.717, 1.165) is 0 Å². The van der Waals surface area contributed by atoms with E-state index < -0.39 is 5.97 Å². The van der Waals surface area contributed by atoms with Crippen molar-refractivity contribution >= 4 is 28.6 Å². The number of pyridine rings is 1. The highest BCUT2D eigenvalue weighted by Gasteiger charge is 2.03. The van der Waals surface area contributed by atoms with Crippen LogP contribution in [0.15, 0.2) is 17.2 Å². The molecule has 1 N–H and O–H groups in total. The second-order valence-electron chi connectivity index (χ2n) is 2.68. The van der Waals surface area contributed by atoms with Crippen molar-refractivity contribution < 1.29 is 9.90 Å². The molecule has 13 heavy (non-hydrogen) atoms. The lowest BCUT2D eigenvalue weighted by Crippen LogP contribution is -2.16. The van der Waals surface area contributed by atoms with Gasteiger partial charge in [0.2, 0.25) is 0 Å². The molecule has 4 nitrogen and oxygen atoms in total. The van der Waals surface area contributed by atoms with Crippen molar-refractivity contribution in [2.24, 2.45) is 0 Å². The third-order valence-electron chi connectivity index (χ3n) is 1.53. The van der Waals surface area contributed by atoms with Crippen LogP contribution in [-0.4, -0.2) is 15.6 Å². The van der Waals surface area contributed by atoms with Gasteiger partial charge in [0.1, 0.15) is 6.54 Å². The van der Waals surface area contributed by atoms with Gasteiger partial charge in [0.05, 0.1) is 3.57 Å². The molecule has 0 saturated heterocycles. The van der Waals surface area contributed by atoms with Crippen LogP contribution in [0.3, 0.4) is 0 Å². The van der Waals surface area contributed by atoms with Crippen molar-refractivity contribution in [2.45, 2.75) is 13.5 Å². The fraction of sp³-hybridized carbons (Fsp3) is 0.250. The van der Waals surface area contributed by atoms with Crippen LogP contribution < -0.4 is 5.43 Å². The zero-order chi connectivity index (χ0) is 10.0. The van der Waals surface area contributed by atoms with E-state index in [1.54, 1.807) is 13.1 Å². The van der Waals surface area contributed by atoms with Gasteiger partial charge >= 0.3 is 5.97 Å². The van der Waals surface area contributed by atoms with Crippen molar-refractivity contribution in [3.05, 3.63) is 31.8 Å². The lowest BCUT2D eigenvalue weighted by Gasteiger charge is -2.04. The zero-order valence-electron chi connectivity index (χ0n) is 6.95. The summed E-state index contributed by atoms with van der Waals surface area (Å²) in [7, 11) is 0. The molecule has 0 atom stereocenters. The van der Waals surface area contributed by atoms with Gasteiger partial charge in [-0.1, -0.05) is 0 Å². The van der Waals surface area contributed by atoms with Gasteiger partial charge in [-0.25, -0.2) is 0 Å². The molecule has 1 aromatic heterocycles. The number of aliphatic carboxylic acids is 1. The average Bonchev–Trinajstić information content (AvgIpc) is 1.98. The van der Waals surface area contributed by atoms with E-state index >= 15 is 0 Å². The van der Waals surface area contributed by atoms with E-state index in [9.17, 15) is 9.59 Å². The standard InChI is InChI=1S/C8H8INO3/c1-5-2-10(4-7(11)12)3-6(9)8(5)13/h2-3H,4H2,1H3,(H,11,12). The van der Waals surface area contributed by atoms with Crippen molar-refractivity contribution in [3.8, 4) is 0 Å². The van der Waals surface area contributed by atoms with Gasteiger partial charge in [-0.3, -0.25) is 9.59 Å². The molecule has 0 bridgehead atoms. The van der Waals surface area contributed by atoms with Gasteiger partial charge in [0, 0.05) is 18.0 Å². The molecule has 1 aromatic rings. The lowest BCUT2D eigenvalue weighted by molar-refractivity contribution is -0.137. The molecule has 0 fully saturated rings. The molecule has 0 amide bonds. The van der Waals surface area contributed by atoms with E-state index in [0.29, 0.717) is 9.13 Å². The van der Waals surface area contributed by atoms with E-state index in [2.05, 4.69) is 0 Å². The summed E-state index contributed by atoms with van der Waals surface area (Å²) in [4.78, 5) is 21.6. The number of carbonyl (C=O) groups is 1. The lowest BCUT2D eigenvalue weighted by atomic mass is 10.3. The Hall–Kier alpha value is -0.850. The topological polar surface area (TPSA) is 59.3 Å². The van der Waals surface area contributed by atoms with Crippen LogP contribution in [0.5, 0.6) is 0 Å². The van der Waals surface area contributed by atoms with E-state index in [1.807, 2.05) is 22.6 Å². The number of carboxylic acid groups (broad SMARTS) is 1. The largest absolute Gasteiger partial charge is 0.480 e. The van der Waals surface area contributed by atoms with Gasteiger partial charge in [-0.05, 0) is 29.5 Å². The first kappa shape index (κ1) is 10.2. The second-order valence-corrected chi connectivity index (χ2v) is 3.85. The maximum Gasteiger partial charge on any atom is 0.323 e. The third-order valence-corrected chi connectivity index (χ3v) is 2.30. The molecule has 70 valence electrons. The normalized spacial score (nSPS) is 10.0. The highest BCUT2D eigenvalue weighted by Crippen LogP contribution is 2.00. The van der Waals surface area contributed by atoms with Crippen LogP contribution in [0.2, 0.25) is 0 Å². The Morgan fingerprint density at radius 2 is 2.23 bits per heavy atom. The van der Waals surface area contributed by atoms with E-state index in [1.165, 1.54) is 10.8 Å². The highest BCUT2D eigenvalue weighted by molar-refractivity contribution is 14.1. The van der Waals surface area contributed by atoms with Crippen molar-refractivity contribution in [3.63, 3.8) is 0 Å². The molecule has 0 aliphatic carbocycles. The fourth-order valence-corrected chi connectivity index (χ4v) is 1.77. The van der Waals surface area contributed by atoms with Gasteiger partial charge in [0.15, 0.2) is 5.43 Å². The summed E-state index contributed by atoms with van der Waals surface area (Å²) in [6.45, 7) is 1.56. The van der Waals surface area contributed by atoms with E-state index in [4.69, 9.17) is 5.11 Å². The summed E-state index contributed by atoms with van der Waals surface area (Å²) >= 11 is 1.90. The van der Waals surface area contributed by atoms with E-state index in [-0.39, 0.29) is 12.0 Å². The van der Waals surface area contributed by atoms with Crippen LogP contribution in [-0.2, 0) is 11.3 Å². The molecule has 0 radical (unpaired) electrons. The molecule has 1 heterocycles. The minimum Gasteiger partial charge on any atom is -0.480 e. The summed E-state index contributed by atoms with van der Waals surface area (Å²) < 4.78 is 2.03. The molecular weight excluding hydrogens is 285 g/mol. The Morgan fingerprint density at radius 3 is 2.69 bits per heavy atom. The summed E-state index contributed by atoms with van der Waals surface area (Å²) in [5.41, 5.74) is 0.524. The maximum absolute atomic E-state index is 11.2. The minimum atomic E-state index is -0.918. The Balaban J connectivity index is 3.13. The molecule has 0 aliphatic rings. The number of nitrogens with zero attached hydrogens (tertiary/aromatic N) is 1. The van der Waals surface area contributed by atoms with Gasteiger partial charge < -0.3 is 9.67 Å². The predicted molar refractivity (Wildman–Crippen MR) is 55.8 cm³/mol. The monoisotopic (exact) mass is 293 g/mol. The van der Waals surface area contributed by atoms with Gasteiger partial charge in [-0.15, -0.1) is 0 Å². The molecule has 0 spiro atoms. The first-order valence-electron chi connectivity index (χ1n) is 3.58. The Morgan fingerprint density at radius 1 is 1.62 bits per heavy atom. The number of hydrogen-bond acceptors (Lipinski definition) is 2. The molecule has 0 aromatic carbocycles. The number of carboxylic acids is 1. The predicted octanol–water partition coefficient (Wildman–Crippen LogP) is 0.846. The molecular formula is C8H8INO3. The average molecular weight is 293 g/mol. The summed E-state index contributed by atoms with van der Waals surface area (Å²) in [5.74, 6) is -0.918. The van der Waals surface area contributed by atoms with Crippen molar-refractivity contribution in [1.82, 2.24) is 4.57 Å². The van der Waals surface area contributed by atoms with Gasteiger partial charge in [-0.2, -0.15) is 0 Å². The summed E-state index contributed by atoms with van der Waals surface area (Å²) in [5, 5.41) is 8.52. The first-order valence-corrected chi connectivity index (χ1v) is 4.66. The maximum atomic E-state index is 11.2. The van der Waals surface area contributed by atoms with Crippen LogP contribution in [0, 0.1) is 10.5 Å². The first-order chi connectivity index (χ1) is 6.00. The fourth-order valence-electron chi connectivity index (χ4n) is 0.985. The van der Waals surface area contributed by atoms with Crippen LogP contribution in [0.25, 0.3) is 0 Å². The van der Waals surface area contributed by atoms with Crippen LogP contribution >= 0.6 is 22.6 Å². The summed E-state index contributed by atoms with van der Waals surface area (Å²) in [6.07, 6.45) is 3.07.